The molecule has 1 N–H and O–H groups in total. The quantitative estimate of drug-likeness (QED) is 0.846. The fourth-order valence-corrected chi connectivity index (χ4v) is 1.84. The molecule has 0 aliphatic carbocycles. The minimum absolute atomic E-state index is 0.0144. The lowest BCUT2D eigenvalue weighted by molar-refractivity contribution is -0.121. The van der Waals surface area contributed by atoms with Crippen LogP contribution in [0.15, 0.2) is 12.3 Å². The maximum Gasteiger partial charge on any atom is 0.255 e. The zero-order valence-electron chi connectivity index (χ0n) is 10.7. The number of nitrogens with zero attached hydrogens (tertiary/aromatic N) is 2. The van der Waals surface area contributed by atoms with Crippen LogP contribution in [0.2, 0.25) is 10.2 Å². The summed E-state index contributed by atoms with van der Waals surface area (Å²) in [6.45, 7) is 4.50. The molecular formula is C12H15Cl2N3O2. The summed E-state index contributed by atoms with van der Waals surface area (Å²) in [4.78, 5) is 29.0. The Bertz CT molecular complexity index is 480. The Morgan fingerprint density at radius 3 is 2.63 bits per heavy atom. The molecular weight excluding hydrogens is 289 g/mol. The highest BCUT2D eigenvalue weighted by molar-refractivity contribution is 6.35. The van der Waals surface area contributed by atoms with E-state index in [1.165, 1.54) is 17.2 Å². The van der Waals surface area contributed by atoms with Gasteiger partial charge in [0.15, 0.2) is 0 Å². The first-order valence-electron chi connectivity index (χ1n) is 5.86. The maximum atomic E-state index is 12.3. The lowest BCUT2D eigenvalue weighted by Crippen LogP contribution is -2.40. The van der Waals surface area contributed by atoms with Crippen LogP contribution < -0.4 is 5.32 Å². The second-order valence-corrected chi connectivity index (χ2v) is 4.55. The van der Waals surface area contributed by atoms with Crippen molar-refractivity contribution in [2.45, 2.75) is 13.8 Å². The lowest BCUT2D eigenvalue weighted by Gasteiger charge is -2.20. The summed E-state index contributed by atoms with van der Waals surface area (Å²) in [7, 11) is 0. The highest BCUT2D eigenvalue weighted by Crippen LogP contribution is 2.19. The van der Waals surface area contributed by atoms with Crippen LogP contribution in [0.5, 0.6) is 0 Å². The second-order valence-electron chi connectivity index (χ2n) is 3.76. The fraction of sp³-hybridized carbons (Fsp3) is 0.417. The Balaban J connectivity index is 2.89. The van der Waals surface area contributed by atoms with Crippen LogP contribution in [-0.2, 0) is 4.79 Å². The van der Waals surface area contributed by atoms with Gasteiger partial charge in [0, 0.05) is 19.3 Å². The molecule has 1 aromatic rings. The van der Waals surface area contributed by atoms with Gasteiger partial charge in [-0.25, -0.2) is 4.98 Å². The highest BCUT2D eigenvalue weighted by atomic mass is 35.5. The third kappa shape index (κ3) is 4.36. The number of hydrogen-bond acceptors (Lipinski definition) is 3. The molecule has 0 unspecified atom stereocenters. The summed E-state index contributed by atoms with van der Waals surface area (Å²) >= 11 is 11.7. The third-order valence-electron chi connectivity index (χ3n) is 2.43. The van der Waals surface area contributed by atoms with Gasteiger partial charge < -0.3 is 10.2 Å². The predicted molar refractivity (Wildman–Crippen MR) is 74.5 cm³/mol. The third-order valence-corrected chi connectivity index (χ3v) is 2.94. The van der Waals surface area contributed by atoms with Crippen molar-refractivity contribution in [3.63, 3.8) is 0 Å². The number of carbonyl (C=O) groups is 2. The van der Waals surface area contributed by atoms with Crippen LogP contribution in [0.4, 0.5) is 0 Å². The zero-order valence-corrected chi connectivity index (χ0v) is 12.3. The molecule has 19 heavy (non-hydrogen) atoms. The van der Waals surface area contributed by atoms with Crippen molar-refractivity contribution in [3.05, 3.63) is 28.0 Å². The molecule has 0 bridgehead atoms. The van der Waals surface area contributed by atoms with Crippen LogP contribution in [0.1, 0.15) is 24.2 Å². The molecule has 1 heterocycles. The normalized spacial score (nSPS) is 10.1. The predicted octanol–water partition coefficient (Wildman–Crippen LogP) is 1.99. The SMILES string of the molecule is CCNC(=O)CN(CC)C(=O)c1cc(Cl)ncc1Cl. The molecule has 0 spiro atoms. The van der Waals surface area contributed by atoms with Crippen LogP contribution >= 0.6 is 23.2 Å². The van der Waals surface area contributed by atoms with Gasteiger partial charge >= 0.3 is 0 Å². The molecule has 0 saturated carbocycles. The molecule has 0 fully saturated rings. The van der Waals surface area contributed by atoms with Crippen molar-refractivity contribution in [1.82, 2.24) is 15.2 Å². The number of likely N-dealkylation sites (N-methyl/N-ethyl adjacent to an activating group) is 2. The van der Waals surface area contributed by atoms with E-state index in [0.29, 0.717) is 13.1 Å². The standard InChI is InChI=1S/C12H15Cl2N3O2/c1-3-15-11(18)7-17(4-2)12(19)8-5-10(14)16-6-9(8)13/h5-6H,3-4,7H2,1-2H3,(H,15,18). The minimum atomic E-state index is -0.344. The van der Waals surface area contributed by atoms with Gasteiger partial charge in [0.25, 0.3) is 5.91 Å². The Morgan fingerprint density at radius 1 is 1.37 bits per heavy atom. The summed E-state index contributed by atoms with van der Waals surface area (Å²) in [5.41, 5.74) is 0.243. The number of pyridine rings is 1. The molecule has 1 aromatic heterocycles. The van der Waals surface area contributed by atoms with E-state index in [0.717, 1.165) is 0 Å². The molecule has 104 valence electrons. The van der Waals surface area contributed by atoms with Crippen LogP contribution in [0, 0.1) is 0 Å². The van der Waals surface area contributed by atoms with Crippen molar-refractivity contribution in [2.75, 3.05) is 19.6 Å². The fourth-order valence-electron chi connectivity index (χ4n) is 1.50. The minimum Gasteiger partial charge on any atom is -0.355 e. The van der Waals surface area contributed by atoms with Crippen molar-refractivity contribution < 1.29 is 9.59 Å². The van der Waals surface area contributed by atoms with E-state index in [9.17, 15) is 9.59 Å². The number of rotatable bonds is 5. The largest absolute Gasteiger partial charge is 0.355 e. The lowest BCUT2D eigenvalue weighted by atomic mass is 10.2. The number of amides is 2. The van der Waals surface area contributed by atoms with Crippen molar-refractivity contribution >= 4 is 35.0 Å². The smallest absolute Gasteiger partial charge is 0.255 e. The first-order valence-corrected chi connectivity index (χ1v) is 6.62. The van der Waals surface area contributed by atoms with E-state index in [-0.39, 0.29) is 34.1 Å². The summed E-state index contributed by atoms with van der Waals surface area (Å²) in [5.74, 6) is -0.558. The first-order chi connectivity index (χ1) is 8.99. The second kappa shape index (κ2) is 7.31. The highest BCUT2D eigenvalue weighted by Gasteiger charge is 2.20. The average Bonchev–Trinajstić information content (AvgIpc) is 2.38. The van der Waals surface area contributed by atoms with E-state index in [2.05, 4.69) is 10.3 Å². The number of aromatic nitrogens is 1. The topological polar surface area (TPSA) is 62.3 Å². The van der Waals surface area contributed by atoms with E-state index in [1.807, 2.05) is 6.92 Å². The monoisotopic (exact) mass is 303 g/mol. The first kappa shape index (κ1) is 15.7. The zero-order chi connectivity index (χ0) is 14.4. The van der Waals surface area contributed by atoms with Gasteiger partial charge in [-0.2, -0.15) is 0 Å². The number of halogens is 2. The average molecular weight is 304 g/mol. The Kier molecular flexibility index (Phi) is 6.05. The van der Waals surface area contributed by atoms with Gasteiger partial charge in [0.05, 0.1) is 17.1 Å². The van der Waals surface area contributed by atoms with Crippen molar-refractivity contribution in [1.29, 1.82) is 0 Å². The van der Waals surface area contributed by atoms with Crippen LogP contribution in [-0.4, -0.2) is 41.3 Å². The van der Waals surface area contributed by atoms with Gasteiger partial charge in [-0.05, 0) is 19.9 Å². The van der Waals surface area contributed by atoms with Crippen molar-refractivity contribution in [2.24, 2.45) is 0 Å². The number of carbonyl (C=O) groups excluding carboxylic acids is 2. The van der Waals surface area contributed by atoms with E-state index >= 15 is 0 Å². The van der Waals surface area contributed by atoms with E-state index in [4.69, 9.17) is 23.2 Å². The van der Waals surface area contributed by atoms with Gasteiger partial charge in [-0.1, -0.05) is 23.2 Å². The summed E-state index contributed by atoms with van der Waals surface area (Å²) in [5, 5.41) is 3.03. The summed E-state index contributed by atoms with van der Waals surface area (Å²) in [6, 6.07) is 1.40. The van der Waals surface area contributed by atoms with Crippen LogP contribution in [0.3, 0.4) is 0 Å². The Hall–Kier alpha value is -1.33. The molecule has 0 aliphatic rings. The number of hydrogen-bond donors (Lipinski definition) is 1. The Labute approximate surface area is 121 Å². The van der Waals surface area contributed by atoms with Gasteiger partial charge in [0.1, 0.15) is 5.15 Å². The molecule has 0 aliphatic heterocycles. The molecule has 0 saturated heterocycles. The van der Waals surface area contributed by atoms with Crippen LogP contribution in [0.25, 0.3) is 0 Å². The molecule has 0 aromatic carbocycles. The van der Waals surface area contributed by atoms with Gasteiger partial charge in [-0.15, -0.1) is 0 Å². The molecule has 7 heteroatoms. The molecule has 2 amide bonds. The molecule has 1 rings (SSSR count). The van der Waals surface area contributed by atoms with E-state index in [1.54, 1.807) is 6.92 Å². The number of nitrogens with one attached hydrogen (secondary N) is 1. The van der Waals surface area contributed by atoms with Gasteiger partial charge in [-0.3, -0.25) is 9.59 Å². The van der Waals surface area contributed by atoms with E-state index < -0.39 is 0 Å². The maximum absolute atomic E-state index is 12.3. The van der Waals surface area contributed by atoms with Crippen molar-refractivity contribution in [3.8, 4) is 0 Å². The van der Waals surface area contributed by atoms with Gasteiger partial charge in [0.2, 0.25) is 5.91 Å². The Morgan fingerprint density at radius 2 is 2.05 bits per heavy atom. The molecule has 0 atom stereocenters. The summed E-state index contributed by atoms with van der Waals surface area (Å²) in [6.07, 6.45) is 1.32. The molecule has 0 radical (unpaired) electrons. The summed E-state index contributed by atoms with van der Waals surface area (Å²) < 4.78 is 0. The molecule has 5 nitrogen and oxygen atoms in total.